The van der Waals surface area contributed by atoms with Gasteiger partial charge in [-0.1, -0.05) is 11.6 Å². The number of carbonyl (C=O) groups is 4. The Morgan fingerprint density at radius 1 is 1.21 bits per heavy atom. The van der Waals surface area contributed by atoms with E-state index in [1.807, 2.05) is 4.90 Å². The van der Waals surface area contributed by atoms with Crippen molar-refractivity contribution in [3.8, 4) is 0 Å². The number of imidazole rings is 1. The second kappa shape index (κ2) is 11.1. The van der Waals surface area contributed by atoms with Crippen molar-refractivity contribution >= 4 is 58.6 Å². The van der Waals surface area contributed by atoms with Crippen LogP contribution in [0.1, 0.15) is 56.0 Å². The van der Waals surface area contributed by atoms with Crippen LogP contribution in [0.4, 0.5) is 21.1 Å². The Morgan fingerprint density at radius 3 is 2.64 bits per heavy atom. The van der Waals surface area contributed by atoms with Crippen LogP contribution in [-0.4, -0.2) is 79.3 Å². The number of aldehydes is 1. The normalized spacial score (nSPS) is 18.5. The molecule has 0 spiro atoms. The van der Waals surface area contributed by atoms with Crippen LogP contribution < -0.4 is 20.9 Å². The van der Waals surface area contributed by atoms with Gasteiger partial charge in [0.15, 0.2) is 23.3 Å². The Labute approximate surface area is 245 Å². The van der Waals surface area contributed by atoms with Crippen molar-refractivity contribution < 1.29 is 29.0 Å². The summed E-state index contributed by atoms with van der Waals surface area (Å²) >= 11 is 6.40. The Bertz CT molecular complexity index is 1570. The van der Waals surface area contributed by atoms with Gasteiger partial charge in [0.2, 0.25) is 5.91 Å². The summed E-state index contributed by atoms with van der Waals surface area (Å²) in [5.41, 5.74) is 0.0783. The smallest absolute Gasteiger partial charge is 0.413 e. The van der Waals surface area contributed by atoms with Crippen molar-refractivity contribution in [2.45, 2.75) is 63.8 Å². The van der Waals surface area contributed by atoms with E-state index in [4.69, 9.17) is 16.3 Å². The Balaban J connectivity index is 1.47. The highest BCUT2D eigenvalue weighted by Crippen LogP contribution is 2.35. The fourth-order valence-corrected chi connectivity index (χ4v) is 5.20. The maximum atomic E-state index is 13.2. The zero-order valence-corrected chi connectivity index (χ0v) is 24.1. The molecule has 0 bridgehead atoms. The van der Waals surface area contributed by atoms with E-state index in [9.17, 15) is 24.3 Å². The van der Waals surface area contributed by atoms with E-state index in [0.29, 0.717) is 45.8 Å². The summed E-state index contributed by atoms with van der Waals surface area (Å²) in [6, 6.07) is 3.27. The number of halogens is 1. The number of anilines is 2. The second-order valence-electron chi connectivity index (χ2n) is 11.4. The number of benzene rings is 1. The number of carbonyl (C=O) groups excluding carboxylic acids is 3. The van der Waals surface area contributed by atoms with Gasteiger partial charge in [-0.3, -0.25) is 14.9 Å². The summed E-state index contributed by atoms with van der Waals surface area (Å²) in [6.45, 7) is 5.73. The first-order valence-corrected chi connectivity index (χ1v) is 13.8. The van der Waals surface area contributed by atoms with Gasteiger partial charge in [-0.15, -0.1) is 0 Å². The Morgan fingerprint density at radius 2 is 1.98 bits per heavy atom. The fourth-order valence-electron chi connectivity index (χ4n) is 4.98. The van der Waals surface area contributed by atoms with E-state index in [-0.39, 0.29) is 37.3 Å². The van der Waals surface area contributed by atoms with E-state index >= 15 is 0 Å². The van der Waals surface area contributed by atoms with Gasteiger partial charge in [-0.25, -0.2) is 24.5 Å². The van der Waals surface area contributed by atoms with Crippen LogP contribution in [0.15, 0.2) is 24.8 Å². The molecule has 1 aliphatic heterocycles. The van der Waals surface area contributed by atoms with Crippen molar-refractivity contribution in [3.05, 3.63) is 40.9 Å². The van der Waals surface area contributed by atoms with Gasteiger partial charge in [-0.2, -0.15) is 0 Å². The van der Waals surface area contributed by atoms with Gasteiger partial charge in [-0.05, 0) is 52.2 Å². The first-order valence-electron chi connectivity index (χ1n) is 13.4. The van der Waals surface area contributed by atoms with Crippen molar-refractivity contribution in [2.24, 2.45) is 0 Å². The molecule has 2 fully saturated rings. The monoisotopic (exact) mass is 598 g/mol. The zero-order valence-electron chi connectivity index (χ0n) is 23.3. The van der Waals surface area contributed by atoms with Gasteiger partial charge < -0.3 is 29.9 Å². The van der Waals surface area contributed by atoms with Crippen LogP contribution in [0.3, 0.4) is 0 Å². The molecule has 42 heavy (non-hydrogen) atoms. The zero-order chi connectivity index (χ0) is 30.2. The number of aromatic nitrogens is 4. The number of amides is 3. The number of fused-ring (bicyclic) bond motifs is 1. The summed E-state index contributed by atoms with van der Waals surface area (Å²) in [5, 5.41) is 17.8. The van der Waals surface area contributed by atoms with Gasteiger partial charge in [0.25, 0.3) is 0 Å². The van der Waals surface area contributed by atoms with Crippen LogP contribution in [0.5, 0.6) is 0 Å². The van der Waals surface area contributed by atoms with Gasteiger partial charge >= 0.3 is 12.2 Å². The summed E-state index contributed by atoms with van der Waals surface area (Å²) in [5.74, 6) is -0.220. The van der Waals surface area contributed by atoms with Crippen molar-refractivity contribution in [1.29, 1.82) is 0 Å². The molecule has 3 amide bonds. The number of carboxylic acid groups (broad SMARTS) is 1. The highest BCUT2D eigenvalue weighted by atomic mass is 35.5. The Kier molecular flexibility index (Phi) is 7.66. The summed E-state index contributed by atoms with van der Waals surface area (Å²) in [4.78, 5) is 64.1. The van der Waals surface area contributed by atoms with Crippen LogP contribution in [-0.2, 0) is 16.1 Å². The van der Waals surface area contributed by atoms with Gasteiger partial charge in [0.05, 0.1) is 19.4 Å². The maximum absolute atomic E-state index is 13.2. The average Bonchev–Trinajstić information content (AvgIpc) is 3.46. The highest BCUT2D eigenvalue weighted by molar-refractivity contribution is 6.31. The van der Waals surface area contributed by atoms with Gasteiger partial charge in [0, 0.05) is 34.4 Å². The van der Waals surface area contributed by atoms with Gasteiger partial charge in [0.1, 0.15) is 17.5 Å². The van der Waals surface area contributed by atoms with E-state index in [1.54, 1.807) is 31.4 Å². The molecule has 3 heterocycles. The minimum Gasteiger partial charge on any atom is -0.465 e. The first-order chi connectivity index (χ1) is 19.9. The first kappa shape index (κ1) is 29.0. The molecule has 0 radical (unpaired) electrons. The topological polar surface area (TPSA) is 181 Å². The Hall–Kier alpha value is -4.46. The number of ether oxygens (including phenoxy) is 1. The van der Waals surface area contributed by atoms with Crippen molar-refractivity contribution in [3.63, 3.8) is 0 Å². The standard InChI is InChI=1S/C27H31ClN8O6/c1-26(2,3)42-25(41)33-21-20-22(30-13-29-21)36(14-31-20)10-18-15(11-37)8-16(28)9-19(18)35-7-6-27(12-35,34-24(39)40)23(38)32-17-4-5-17/h8-9,11,13-14,17,34H,4-7,10,12H2,1-3H3,(H,32,38)(H,39,40)(H,29,30,33,41). The molecule has 4 N–H and O–H groups in total. The van der Waals surface area contributed by atoms with E-state index in [2.05, 4.69) is 30.9 Å². The third-order valence-corrected chi connectivity index (χ3v) is 7.22. The molecule has 1 atom stereocenters. The predicted molar refractivity (Wildman–Crippen MR) is 153 cm³/mol. The summed E-state index contributed by atoms with van der Waals surface area (Å²) < 4.78 is 7.01. The van der Waals surface area contributed by atoms with Crippen LogP contribution in [0, 0.1) is 0 Å². The van der Waals surface area contributed by atoms with Crippen molar-refractivity contribution in [1.82, 2.24) is 30.2 Å². The number of hydrogen-bond donors (Lipinski definition) is 4. The number of rotatable bonds is 8. The number of nitrogens with zero attached hydrogens (tertiary/aromatic N) is 5. The molecule has 2 aromatic heterocycles. The minimum absolute atomic E-state index is 0.0420. The van der Waals surface area contributed by atoms with Crippen molar-refractivity contribution in [2.75, 3.05) is 23.3 Å². The summed E-state index contributed by atoms with van der Waals surface area (Å²) in [7, 11) is 0. The molecule has 5 rings (SSSR count). The van der Waals surface area contributed by atoms with E-state index in [0.717, 1.165) is 12.8 Å². The minimum atomic E-state index is -1.37. The largest absolute Gasteiger partial charge is 0.465 e. The summed E-state index contributed by atoms with van der Waals surface area (Å²) in [6.07, 6.45) is 3.42. The lowest BCUT2D eigenvalue weighted by Gasteiger charge is -2.29. The quantitative estimate of drug-likeness (QED) is 0.281. The lowest BCUT2D eigenvalue weighted by molar-refractivity contribution is -0.126. The molecule has 222 valence electrons. The molecule has 2 aliphatic rings. The molecule has 15 heteroatoms. The third kappa shape index (κ3) is 6.22. The lowest BCUT2D eigenvalue weighted by atomic mass is 9.97. The highest BCUT2D eigenvalue weighted by Gasteiger charge is 2.48. The van der Waals surface area contributed by atoms with E-state index in [1.165, 1.54) is 18.7 Å². The number of hydrogen-bond acceptors (Lipinski definition) is 9. The van der Waals surface area contributed by atoms with Crippen LogP contribution in [0.25, 0.3) is 11.2 Å². The number of nitrogens with one attached hydrogen (secondary N) is 3. The molecular formula is C27H31ClN8O6. The molecule has 1 saturated heterocycles. The molecular weight excluding hydrogens is 568 g/mol. The molecule has 3 aromatic rings. The SMILES string of the molecule is CC(C)(C)OC(=O)Nc1ncnc2c1ncn2Cc1c(C=O)cc(Cl)cc1N1CCC(NC(=O)O)(C(=O)NC2CC2)C1. The molecule has 1 aromatic carbocycles. The molecule has 14 nitrogen and oxygen atoms in total. The van der Waals surface area contributed by atoms with Crippen LogP contribution >= 0.6 is 11.6 Å². The second-order valence-corrected chi connectivity index (χ2v) is 11.9. The predicted octanol–water partition coefficient (Wildman–Crippen LogP) is 3.18. The maximum Gasteiger partial charge on any atom is 0.413 e. The fraction of sp³-hybridized carbons (Fsp3) is 0.444. The molecule has 1 saturated carbocycles. The molecule has 1 aliphatic carbocycles. The molecule has 1 unspecified atom stereocenters. The third-order valence-electron chi connectivity index (χ3n) is 7.01. The lowest BCUT2D eigenvalue weighted by Crippen LogP contribution is -2.60. The van der Waals surface area contributed by atoms with E-state index < -0.39 is 23.3 Å². The average molecular weight is 599 g/mol. The van der Waals surface area contributed by atoms with Crippen LogP contribution in [0.2, 0.25) is 5.02 Å².